The summed E-state index contributed by atoms with van der Waals surface area (Å²) in [5, 5.41) is 4.53. The van der Waals surface area contributed by atoms with Gasteiger partial charge in [-0.2, -0.15) is 0 Å². The van der Waals surface area contributed by atoms with Gasteiger partial charge in [0.15, 0.2) is 11.8 Å². The highest BCUT2D eigenvalue weighted by Crippen LogP contribution is 2.48. The number of carbonyl (C=O) groups excluding carboxylic acids is 1. The van der Waals surface area contributed by atoms with Crippen LogP contribution in [0.4, 0.5) is 5.69 Å². The molecule has 0 bridgehead atoms. The second-order valence-corrected chi connectivity index (χ2v) is 8.36. The lowest BCUT2D eigenvalue weighted by Gasteiger charge is -2.35. The summed E-state index contributed by atoms with van der Waals surface area (Å²) in [5.41, 5.74) is 7.47. The molecule has 28 heavy (non-hydrogen) atoms. The molecule has 0 fully saturated rings. The molecule has 8 heteroatoms. The van der Waals surface area contributed by atoms with Crippen molar-refractivity contribution in [1.82, 2.24) is 9.66 Å². The Kier molecular flexibility index (Phi) is 4.21. The minimum absolute atomic E-state index is 0.0256. The van der Waals surface area contributed by atoms with Gasteiger partial charge in [0, 0.05) is 5.02 Å². The first kappa shape index (κ1) is 17.5. The molecule has 2 aliphatic heterocycles. The Morgan fingerprint density at radius 1 is 1.25 bits per heavy atom. The highest BCUT2D eigenvalue weighted by Gasteiger charge is 2.34. The molecule has 1 amide bonds. The van der Waals surface area contributed by atoms with Gasteiger partial charge in [0.1, 0.15) is 5.75 Å². The largest absolute Gasteiger partial charge is 0.482 e. The van der Waals surface area contributed by atoms with Crippen molar-refractivity contribution in [2.24, 2.45) is 0 Å². The van der Waals surface area contributed by atoms with Crippen LogP contribution in [0, 0.1) is 6.92 Å². The van der Waals surface area contributed by atoms with E-state index in [-0.39, 0.29) is 23.8 Å². The molecular formula is C20H17ClN4O2S. The minimum Gasteiger partial charge on any atom is -0.482 e. The predicted octanol–water partition coefficient (Wildman–Crippen LogP) is 4.31. The molecule has 0 spiro atoms. The number of hydrogen-bond acceptors (Lipinski definition) is 5. The highest BCUT2D eigenvalue weighted by atomic mass is 35.5. The Balaban J connectivity index is 1.59. The molecule has 142 valence electrons. The van der Waals surface area contributed by atoms with E-state index >= 15 is 0 Å². The number of benzene rings is 2. The Morgan fingerprint density at radius 2 is 2.14 bits per heavy atom. The maximum atomic E-state index is 11.7. The molecule has 0 saturated carbocycles. The van der Waals surface area contributed by atoms with Gasteiger partial charge >= 0.3 is 0 Å². The van der Waals surface area contributed by atoms with Gasteiger partial charge in [0.2, 0.25) is 0 Å². The van der Waals surface area contributed by atoms with Gasteiger partial charge in [-0.15, -0.1) is 0 Å². The number of ether oxygens (including phenoxy) is 1. The third-order valence-electron chi connectivity index (χ3n) is 4.88. The van der Waals surface area contributed by atoms with Crippen LogP contribution in [0.2, 0.25) is 5.02 Å². The van der Waals surface area contributed by atoms with Crippen LogP contribution in [-0.4, -0.2) is 22.2 Å². The average molecular weight is 413 g/mol. The van der Waals surface area contributed by atoms with Crippen molar-refractivity contribution in [3.8, 4) is 5.75 Å². The molecule has 0 radical (unpaired) electrons. The molecular weight excluding hydrogens is 396 g/mol. The van der Waals surface area contributed by atoms with Crippen LogP contribution in [0.1, 0.15) is 28.1 Å². The molecule has 0 saturated heterocycles. The van der Waals surface area contributed by atoms with E-state index in [1.807, 2.05) is 54.2 Å². The summed E-state index contributed by atoms with van der Waals surface area (Å²) in [7, 11) is 0. The highest BCUT2D eigenvalue weighted by molar-refractivity contribution is 7.99. The summed E-state index contributed by atoms with van der Waals surface area (Å²) in [6, 6.07) is 13.8. The van der Waals surface area contributed by atoms with E-state index in [1.165, 1.54) is 0 Å². The summed E-state index contributed by atoms with van der Waals surface area (Å²) < 4.78 is 7.51. The lowest BCUT2D eigenvalue weighted by molar-refractivity contribution is -0.118. The average Bonchev–Trinajstić information content (AvgIpc) is 3.06. The summed E-state index contributed by atoms with van der Waals surface area (Å²) in [4.78, 5) is 16.2. The van der Waals surface area contributed by atoms with Crippen molar-refractivity contribution in [2.45, 2.75) is 23.4 Å². The SMILES string of the molecule is Cc1cnc2n1NC(c1cccc(Cl)c1)C(c1ccc3c(c1)NC(=O)CO3)S2. The van der Waals surface area contributed by atoms with E-state index in [0.717, 1.165) is 22.0 Å². The van der Waals surface area contributed by atoms with E-state index in [9.17, 15) is 4.79 Å². The van der Waals surface area contributed by atoms with Crippen LogP contribution in [0.3, 0.4) is 0 Å². The van der Waals surface area contributed by atoms with E-state index in [4.69, 9.17) is 16.3 Å². The third-order valence-corrected chi connectivity index (χ3v) is 6.41. The first-order valence-corrected chi connectivity index (χ1v) is 10.1. The molecule has 2 N–H and O–H groups in total. The van der Waals surface area contributed by atoms with Crippen molar-refractivity contribution in [2.75, 3.05) is 17.3 Å². The lowest BCUT2D eigenvalue weighted by atomic mass is 9.98. The number of anilines is 1. The van der Waals surface area contributed by atoms with Gasteiger partial charge in [-0.3, -0.25) is 4.79 Å². The number of aromatic nitrogens is 2. The molecule has 3 heterocycles. The Hall–Kier alpha value is -2.64. The van der Waals surface area contributed by atoms with Crippen LogP contribution >= 0.6 is 23.4 Å². The summed E-state index contributed by atoms with van der Waals surface area (Å²) >= 11 is 7.95. The zero-order valence-corrected chi connectivity index (χ0v) is 16.6. The second-order valence-electron chi connectivity index (χ2n) is 6.81. The predicted molar refractivity (Wildman–Crippen MR) is 110 cm³/mol. The smallest absolute Gasteiger partial charge is 0.262 e. The Labute approximate surface area is 171 Å². The first-order chi connectivity index (χ1) is 13.6. The van der Waals surface area contributed by atoms with Gasteiger partial charge < -0.3 is 15.5 Å². The van der Waals surface area contributed by atoms with E-state index in [1.54, 1.807) is 11.8 Å². The number of aryl methyl sites for hydroxylation is 1. The van der Waals surface area contributed by atoms with Crippen molar-refractivity contribution in [1.29, 1.82) is 0 Å². The number of carbonyl (C=O) groups is 1. The molecule has 0 aliphatic carbocycles. The van der Waals surface area contributed by atoms with Crippen molar-refractivity contribution in [3.05, 3.63) is 70.5 Å². The van der Waals surface area contributed by atoms with Crippen LogP contribution < -0.4 is 15.5 Å². The van der Waals surface area contributed by atoms with Gasteiger partial charge in [0.25, 0.3) is 5.91 Å². The number of hydrogen-bond donors (Lipinski definition) is 2. The van der Waals surface area contributed by atoms with Crippen molar-refractivity contribution < 1.29 is 9.53 Å². The number of nitrogens with one attached hydrogen (secondary N) is 2. The maximum absolute atomic E-state index is 11.7. The third kappa shape index (κ3) is 3.00. The molecule has 2 aromatic carbocycles. The fourth-order valence-electron chi connectivity index (χ4n) is 3.53. The number of fused-ring (bicyclic) bond motifs is 2. The van der Waals surface area contributed by atoms with Crippen molar-refractivity contribution in [3.63, 3.8) is 0 Å². The summed E-state index contributed by atoms with van der Waals surface area (Å²) in [5.74, 6) is 0.547. The van der Waals surface area contributed by atoms with Gasteiger partial charge in [0.05, 0.1) is 28.9 Å². The molecule has 6 nitrogen and oxygen atoms in total. The van der Waals surface area contributed by atoms with Gasteiger partial charge in [-0.25, -0.2) is 9.66 Å². The number of thioether (sulfide) groups is 1. The second kappa shape index (κ2) is 6.76. The van der Waals surface area contributed by atoms with Crippen LogP contribution in [0.15, 0.2) is 53.8 Å². The number of rotatable bonds is 2. The molecule has 3 aromatic rings. The Morgan fingerprint density at radius 3 is 3.00 bits per heavy atom. The van der Waals surface area contributed by atoms with E-state index < -0.39 is 0 Å². The fourth-order valence-corrected chi connectivity index (χ4v) is 5.01. The molecule has 2 unspecified atom stereocenters. The fraction of sp³-hybridized carbons (Fsp3) is 0.200. The van der Waals surface area contributed by atoms with Crippen molar-refractivity contribution >= 4 is 35.0 Å². The zero-order chi connectivity index (χ0) is 19.3. The summed E-state index contributed by atoms with van der Waals surface area (Å²) in [6.07, 6.45) is 1.85. The maximum Gasteiger partial charge on any atom is 0.262 e. The number of imidazole rings is 1. The zero-order valence-electron chi connectivity index (χ0n) is 15.0. The lowest BCUT2D eigenvalue weighted by Crippen LogP contribution is -2.31. The molecule has 2 aliphatic rings. The molecule has 2 atom stereocenters. The Bertz CT molecular complexity index is 1080. The van der Waals surface area contributed by atoms with Gasteiger partial charge in [-0.05, 0) is 42.3 Å². The first-order valence-electron chi connectivity index (χ1n) is 8.88. The minimum atomic E-state index is -0.142. The quantitative estimate of drug-likeness (QED) is 0.656. The van der Waals surface area contributed by atoms with E-state index in [2.05, 4.69) is 21.8 Å². The van der Waals surface area contributed by atoms with Gasteiger partial charge in [-0.1, -0.05) is 41.6 Å². The topological polar surface area (TPSA) is 68.2 Å². The standard InChI is InChI=1S/C20H17ClN4O2S/c1-11-9-22-20-25(11)24-18(12-3-2-4-14(21)7-12)19(28-20)13-5-6-16-15(8-13)23-17(26)10-27-16/h2-9,18-19,24H,10H2,1H3,(H,23,26). The van der Waals surface area contributed by atoms with Crippen LogP contribution in [0.5, 0.6) is 5.75 Å². The number of halogens is 1. The molecule has 5 rings (SSSR count). The monoisotopic (exact) mass is 412 g/mol. The normalized spacial score (nSPS) is 20.4. The van der Waals surface area contributed by atoms with Crippen LogP contribution in [0.25, 0.3) is 0 Å². The number of amides is 1. The molecule has 1 aromatic heterocycles. The number of nitrogens with zero attached hydrogens (tertiary/aromatic N) is 2. The van der Waals surface area contributed by atoms with E-state index in [0.29, 0.717) is 16.5 Å². The van der Waals surface area contributed by atoms with Crippen LogP contribution in [-0.2, 0) is 4.79 Å². The summed E-state index contributed by atoms with van der Waals surface area (Å²) in [6.45, 7) is 2.07.